The summed E-state index contributed by atoms with van der Waals surface area (Å²) in [7, 11) is -1.71. The quantitative estimate of drug-likeness (QED) is 0.574. The summed E-state index contributed by atoms with van der Waals surface area (Å²) >= 11 is 6.00. The number of aliphatic hydroxyl groups excluding tert-OH is 1. The maximum absolute atomic E-state index is 10.7. The van der Waals surface area contributed by atoms with Crippen molar-refractivity contribution in [2.75, 3.05) is 19.7 Å². The number of piperidine rings is 1. The first-order valence-corrected chi connectivity index (χ1v) is 14.6. The Kier molecular flexibility index (Phi) is 7.54. The summed E-state index contributed by atoms with van der Waals surface area (Å²) in [4.78, 5) is 2.55. The van der Waals surface area contributed by atoms with Crippen LogP contribution in [0.5, 0.6) is 0 Å². The predicted molar refractivity (Wildman–Crippen MR) is 125 cm³/mol. The Morgan fingerprint density at radius 2 is 1.69 bits per heavy atom. The molecule has 164 valence electrons. The molecule has 1 saturated heterocycles. The molecule has 1 aliphatic carbocycles. The van der Waals surface area contributed by atoms with Gasteiger partial charge < -0.3 is 9.53 Å². The molecule has 0 radical (unpaired) electrons. The summed E-state index contributed by atoms with van der Waals surface area (Å²) in [5.41, 5.74) is 1.39. The number of hydrogen-bond donors (Lipinski definition) is 1. The van der Waals surface area contributed by atoms with Crippen molar-refractivity contribution >= 4 is 19.9 Å². The molecule has 2 aliphatic rings. The minimum absolute atomic E-state index is 0.198. The molecule has 5 heteroatoms. The molecule has 1 heterocycles. The van der Waals surface area contributed by atoms with Gasteiger partial charge in [0.2, 0.25) is 0 Å². The topological polar surface area (TPSA) is 32.7 Å². The van der Waals surface area contributed by atoms with E-state index in [2.05, 4.69) is 50.9 Å². The van der Waals surface area contributed by atoms with Gasteiger partial charge in [0.05, 0.1) is 6.10 Å². The lowest BCUT2D eigenvalue weighted by Gasteiger charge is -2.38. The lowest BCUT2D eigenvalue weighted by molar-refractivity contribution is 0.0482. The van der Waals surface area contributed by atoms with Gasteiger partial charge in [-0.2, -0.15) is 0 Å². The fraction of sp³-hybridized carbons (Fsp3) is 0.750. The second-order valence-electron chi connectivity index (χ2n) is 10.9. The van der Waals surface area contributed by atoms with Gasteiger partial charge in [-0.1, -0.05) is 44.5 Å². The van der Waals surface area contributed by atoms with Crippen LogP contribution in [-0.4, -0.2) is 50.2 Å². The number of hydrogen-bond acceptors (Lipinski definition) is 3. The van der Waals surface area contributed by atoms with Crippen LogP contribution in [0.4, 0.5) is 0 Å². The fourth-order valence-corrected chi connectivity index (χ4v) is 5.82. The normalized spacial score (nSPS) is 27.5. The smallest absolute Gasteiger partial charge is 0.191 e. The van der Waals surface area contributed by atoms with Crippen molar-refractivity contribution in [2.24, 2.45) is 11.8 Å². The van der Waals surface area contributed by atoms with Crippen molar-refractivity contribution in [3.63, 3.8) is 0 Å². The molecule has 3 nitrogen and oxygen atoms in total. The maximum Gasteiger partial charge on any atom is 0.191 e. The Morgan fingerprint density at radius 1 is 1.07 bits per heavy atom. The first kappa shape index (κ1) is 23.3. The van der Waals surface area contributed by atoms with Crippen LogP contribution in [0.2, 0.25) is 23.2 Å². The summed E-state index contributed by atoms with van der Waals surface area (Å²) in [5.74, 6) is 1.24. The van der Waals surface area contributed by atoms with Crippen LogP contribution >= 0.6 is 11.6 Å². The number of aliphatic hydroxyl groups is 1. The van der Waals surface area contributed by atoms with Crippen molar-refractivity contribution in [3.05, 3.63) is 34.9 Å². The summed E-state index contributed by atoms with van der Waals surface area (Å²) in [6.45, 7) is 14.5. The molecule has 1 aromatic carbocycles. The lowest BCUT2D eigenvalue weighted by atomic mass is 9.89. The minimum Gasteiger partial charge on any atom is -0.417 e. The van der Waals surface area contributed by atoms with E-state index in [0.717, 1.165) is 49.9 Å². The van der Waals surface area contributed by atoms with Gasteiger partial charge in [-0.05, 0) is 92.9 Å². The number of halogens is 1. The maximum atomic E-state index is 10.7. The largest absolute Gasteiger partial charge is 0.417 e. The lowest BCUT2D eigenvalue weighted by Crippen LogP contribution is -2.45. The van der Waals surface area contributed by atoms with E-state index in [1.165, 1.54) is 18.4 Å². The van der Waals surface area contributed by atoms with Crippen LogP contribution in [0.15, 0.2) is 24.3 Å². The van der Waals surface area contributed by atoms with Crippen molar-refractivity contribution < 1.29 is 9.53 Å². The Morgan fingerprint density at radius 3 is 2.28 bits per heavy atom. The van der Waals surface area contributed by atoms with Crippen LogP contribution in [-0.2, 0) is 10.8 Å². The van der Waals surface area contributed by atoms with Crippen molar-refractivity contribution in [2.45, 2.75) is 83.2 Å². The van der Waals surface area contributed by atoms with Crippen LogP contribution in [0, 0.1) is 11.8 Å². The molecular formula is C24H40ClNO2Si. The second kappa shape index (κ2) is 9.40. The Hall–Kier alpha value is -0.393. The second-order valence-corrected chi connectivity index (χ2v) is 16.1. The first-order valence-electron chi connectivity index (χ1n) is 11.4. The highest BCUT2D eigenvalue weighted by molar-refractivity contribution is 6.74. The third-order valence-corrected chi connectivity index (χ3v) is 12.4. The van der Waals surface area contributed by atoms with Crippen LogP contribution in [0.3, 0.4) is 0 Å². The highest BCUT2D eigenvalue weighted by atomic mass is 35.5. The zero-order valence-corrected chi connectivity index (χ0v) is 20.7. The van der Waals surface area contributed by atoms with Crippen LogP contribution < -0.4 is 0 Å². The summed E-state index contributed by atoms with van der Waals surface area (Å²) in [6.07, 6.45) is 5.35. The number of likely N-dealkylation sites (tertiary alicyclic amines) is 1. The zero-order chi connectivity index (χ0) is 21.2. The van der Waals surface area contributed by atoms with E-state index in [0.29, 0.717) is 12.0 Å². The van der Waals surface area contributed by atoms with Crippen molar-refractivity contribution in [1.29, 1.82) is 0 Å². The average molecular weight is 438 g/mol. The SMILES string of the molecule is CC(C)(C)[Si](C)(C)OCC1CC(O)C(N2CCC(Cc3ccc(Cl)cc3)CC2)C1. The molecule has 1 N–H and O–H groups in total. The van der Waals surface area contributed by atoms with Gasteiger partial charge in [0.15, 0.2) is 8.32 Å². The Labute approximate surface area is 183 Å². The van der Waals surface area contributed by atoms with Gasteiger partial charge in [0.1, 0.15) is 0 Å². The molecule has 2 fully saturated rings. The predicted octanol–water partition coefficient (Wildman–Crippen LogP) is 5.76. The van der Waals surface area contributed by atoms with E-state index in [-0.39, 0.29) is 11.1 Å². The molecule has 1 saturated carbocycles. The summed E-state index contributed by atoms with van der Waals surface area (Å²) in [5, 5.41) is 11.8. The summed E-state index contributed by atoms with van der Waals surface area (Å²) in [6, 6.07) is 8.62. The molecule has 0 bridgehead atoms. The third-order valence-electron chi connectivity index (χ3n) is 7.64. The van der Waals surface area contributed by atoms with Gasteiger partial charge in [-0.3, -0.25) is 4.90 Å². The zero-order valence-electron chi connectivity index (χ0n) is 19.0. The van der Waals surface area contributed by atoms with Crippen LogP contribution in [0.1, 0.15) is 52.0 Å². The molecule has 3 unspecified atom stereocenters. The third kappa shape index (κ3) is 6.07. The Bertz CT molecular complexity index is 650. The van der Waals surface area contributed by atoms with Gasteiger partial charge in [0.25, 0.3) is 0 Å². The van der Waals surface area contributed by atoms with Gasteiger partial charge in [-0.15, -0.1) is 0 Å². The standard InChI is InChI=1S/C24H40ClNO2Si/c1-24(2,3)29(4,5)28-17-20-15-22(23(27)16-20)26-12-10-19(11-13-26)14-18-6-8-21(25)9-7-18/h6-9,19-20,22-23,27H,10-17H2,1-5H3. The number of rotatable bonds is 6. The molecular weight excluding hydrogens is 398 g/mol. The van der Waals surface area contributed by atoms with Gasteiger partial charge in [-0.25, -0.2) is 0 Å². The molecule has 3 atom stereocenters. The molecule has 29 heavy (non-hydrogen) atoms. The molecule has 1 aliphatic heterocycles. The van der Waals surface area contributed by atoms with Crippen LogP contribution in [0.25, 0.3) is 0 Å². The molecule has 3 rings (SSSR count). The Balaban J connectivity index is 1.45. The van der Waals surface area contributed by atoms with E-state index in [1.807, 2.05) is 12.1 Å². The fourth-order valence-electron chi connectivity index (χ4n) is 4.61. The number of benzene rings is 1. The minimum atomic E-state index is -1.71. The number of nitrogens with zero attached hydrogens (tertiary/aromatic N) is 1. The van der Waals surface area contributed by atoms with E-state index >= 15 is 0 Å². The van der Waals surface area contributed by atoms with Crippen molar-refractivity contribution in [3.8, 4) is 0 Å². The van der Waals surface area contributed by atoms with E-state index < -0.39 is 8.32 Å². The summed E-state index contributed by atoms with van der Waals surface area (Å²) < 4.78 is 6.45. The van der Waals surface area contributed by atoms with E-state index in [9.17, 15) is 5.11 Å². The van der Waals surface area contributed by atoms with Gasteiger partial charge >= 0.3 is 0 Å². The highest BCUT2D eigenvalue weighted by Gasteiger charge is 2.41. The highest BCUT2D eigenvalue weighted by Crippen LogP contribution is 2.39. The molecule has 1 aromatic rings. The average Bonchev–Trinajstić information content (AvgIpc) is 3.02. The molecule has 0 aromatic heterocycles. The van der Waals surface area contributed by atoms with Gasteiger partial charge in [0, 0.05) is 17.7 Å². The first-order chi connectivity index (χ1) is 13.5. The van der Waals surface area contributed by atoms with Crippen molar-refractivity contribution in [1.82, 2.24) is 4.90 Å². The molecule has 0 amide bonds. The van der Waals surface area contributed by atoms with E-state index in [1.54, 1.807) is 0 Å². The molecule has 0 spiro atoms. The van der Waals surface area contributed by atoms with E-state index in [4.69, 9.17) is 16.0 Å². The monoisotopic (exact) mass is 437 g/mol.